The van der Waals surface area contributed by atoms with E-state index in [4.69, 9.17) is 11.6 Å². The summed E-state index contributed by atoms with van der Waals surface area (Å²) in [6, 6.07) is 15.5. The first-order valence-corrected chi connectivity index (χ1v) is 6.06. The van der Waals surface area contributed by atoms with E-state index in [2.05, 4.69) is 10.1 Å². The Morgan fingerprint density at radius 3 is 2.32 bits per heavy atom. The lowest BCUT2D eigenvalue weighted by molar-refractivity contribution is 0.627. The van der Waals surface area contributed by atoms with Gasteiger partial charge < -0.3 is 0 Å². The smallest absolute Gasteiger partial charge is 0.207 e. The fraction of sp³-hybridized carbons (Fsp3) is 0. The molecule has 0 atom stereocenters. The SMILES string of the molecule is Fc1ccc(-n2nc(-c3ccccc3)nc2Cl)cc1. The van der Waals surface area contributed by atoms with Crippen molar-refractivity contribution in [3.05, 3.63) is 65.7 Å². The molecule has 3 aromatic rings. The van der Waals surface area contributed by atoms with Gasteiger partial charge in [0.15, 0.2) is 5.82 Å². The summed E-state index contributed by atoms with van der Waals surface area (Å²) in [7, 11) is 0. The lowest BCUT2D eigenvalue weighted by atomic mass is 10.2. The number of hydrogen-bond acceptors (Lipinski definition) is 2. The Bertz CT molecular complexity index is 692. The largest absolute Gasteiger partial charge is 0.226 e. The zero-order valence-electron chi connectivity index (χ0n) is 9.79. The minimum atomic E-state index is -0.303. The maximum absolute atomic E-state index is 12.9. The van der Waals surface area contributed by atoms with Crippen LogP contribution in [0.4, 0.5) is 4.39 Å². The molecule has 0 amide bonds. The maximum Gasteiger partial charge on any atom is 0.226 e. The molecule has 3 rings (SSSR count). The normalized spacial score (nSPS) is 10.6. The molecule has 0 fully saturated rings. The molecule has 1 heterocycles. The highest BCUT2D eigenvalue weighted by atomic mass is 35.5. The number of halogens is 2. The van der Waals surface area contributed by atoms with E-state index >= 15 is 0 Å². The van der Waals surface area contributed by atoms with Gasteiger partial charge in [-0.15, -0.1) is 5.10 Å². The molecule has 1 aromatic heterocycles. The molecule has 2 aromatic carbocycles. The van der Waals surface area contributed by atoms with Crippen molar-refractivity contribution in [2.24, 2.45) is 0 Å². The Hall–Kier alpha value is -2.20. The monoisotopic (exact) mass is 273 g/mol. The van der Waals surface area contributed by atoms with Crippen molar-refractivity contribution in [1.82, 2.24) is 14.8 Å². The Morgan fingerprint density at radius 2 is 1.63 bits per heavy atom. The molecule has 0 aliphatic heterocycles. The molecule has 0 aliphatic rings. The molecule has 3 nitrogen and oxygen atoms in total. The summed E-state index contributed by atoms with van der Waals surface area (Å²) in [5, 5.41) is 4.57. The molecule has 0 aliphatic carbocycles. The Kier molecular flexibility index (Phi) is 3.01. The molecular weight excluding hydrogens is 265 g/mol. The van der Waals surface area contributed by atoms with Crippen molar-refractivity contribution in [2.45, 2.75) is 0 Å². The number of benzene rings is 2. The quantitative estimate of drug-likeness (QED) is 0.712. The van der Waals surface area contributed by atoms with E-state index in [0.29, 0.717) is 11.5 Å². The van der Waals surface area contributed by atoms with Crippen LogP contribution in [0.15, 0.2) is 54.6 Å². The summed E-state index contributed by atoms with van der Waals surface area (Å²) in [4.78, 5) is 4.20. The van der Waals surface area contributed by atoms with E-state index in [1.54, 1.807) is 12.1 Å². The predicted molar refractivity (Wildman–Crippen MR) is 71.8 cm³/mol. The van der Waals surface area contributed by atoms with Crippen LogP contribution in [0.5, 0.6) is 0 Å². The van der Waals surface area contributed by atoms with Crippen LogP contribution in [0, 0.1) is 5.82 Å². The highest BCUT2D eigenvalue weighted by molar-refractivity contribution is 6.28. The predicted octanol–water partition coefficient (Wildman–Crippen LogP) is 3.73. The van der Waals surface area contributed by atoms with Crippen molar-refractivity contribution >= 4 is 11.6 Å². The first-order chi connectivity index (χ1) is 9.24. The second-order valence-electron chi connectivity index (χ2n) is 3.96. The third-order valence-corrected chi connectivity index (χ3v) is 2.92. The second-order valence-corrected chi connectivity index (χ2v) is 4.30. The lowest BCUT2D eigenvalue weighted by Crippen LogP contribution is -1.96. The van der Waals surface area contributed by atoms with Gasteiger partial charge in [-0.3, -0.25) is 0 Å². The van der Waals surface area contributed by atoms with E-state index in [1.807, 2.05) is 30.3 Å². The van der Waals surface area contributed by atoms with Crippen molar-refractivity contribution in [3.63, 3.8) is 0 Å². The standard InChI is InChI=1S/C14H9ClFN3/c15-14-17-13(10-4-2-1-3-5-10)18-19(14)12-8-6-11(16)7-9-12/h1-9H. The highest BCUT2D eigenvalue weighted by Gasteiger charge is 2.10. The first kappa shape index (κ1) is 11.9. The van der Waals surface area contributed by atoms with Crippen LogP contribution in [0.1, 0.15) is 0 Å². The minimum Gasteiger partial charge on any atom is -0.207 e. The van der Waals surface area contributed by atoms with Gasteiger partial charge in [0.05, 0.1) is 5.69 Å². The van der Waals surface area contributed by atoms with Crippen molar-refractivity contribution in [1.29, 1.82) is 0 Å². The van der Waals surface area contributed by atoms with Crippen LogP contribution in [0.25, 0.3) is 17.1 Å². The van der Waals surface area contributed by atoms with Crippen LogP contribution < -0.4 is 0 Å². The molecule has 0 spiro atoms. The Labute approximate surface area is 114 Å². The van der Waals surface area contributed by atoms with Crippen LogP contribution in [0.2, 0.25) is 5.28 Å². The van der Waals surface area contributed by atoms with E-state index < -0.39 is 0 Å². The molecular formula is C14H9ClFN3. The Balaban J connectivity index is 2.05. The van der Waals surface area contributed by atoms with Crippen molar-refractivity contribution < 1.29 is 4.39 Å². The summed E-state index contributed by atoms with van der Waals surface area (Å²) >= 11 is 6.06. The van der Waals surface area contributed by atoms with Gasteiger partial charge in [-0.25, -0.2) is 9.07 Å². The van der Waals surface area contributed by atoms with Crippen LogP contribution >= 0.6 is 11.6 Å². The third-order valence-electron chi connectivity index (χ3n) is 2.67. The topological polar surface area (TPSA) is 30.7 Å². The number of rotatable bonds is 2. The summed E-state index contributed by atoms with van der Waals surface area (Å²) < 4.78 is 14.4. The van der Waals surface area contributed by atoms with E-state index in [0.717, 1.165) is 5.56 Å². The fourth-order valence-corrected chi connectivity index (χ4v) is 1.96. The van der Waals surface area contributed by atoms with Crippen molar-refractivity contribution in [3.8, 4) is 17.1 Å². The van der Waals surface area contributed by atoms with Gasteiger partial charge in [0.1, 0.15) is 5.82 Å². The van der Waals surface area contributed by atoms with Gasteiger partial charge in [0.2, 0.25) is 5.28 Å². The third kappa shape index (κ3) is 2.35. The lowest BCUT2D eigenvalue weighted by Gasteiger charge is -2.00. The molecule has 0 N–H and O–H groups in total. The van der Waals surface area contributed by atoms with Crippen molar-refractivity contribution in [2.75, 3.05) is 0 Å². The second kappa shape index (κ2) is 4.82. The molecule has 0 saturated carbocycles. The molecule has 0 saturated heterocycles. The van der Waals surface area contributed by atoms with Gasteiger partial charge in [-0.1, -0.05) is 30.3 Å². The zero-order valence-corrected chi connectivity index (χ0v) is 10.5. The molecule has 0 bridgehead atoms. The van der Waals surface area contributed by atoms with Gasteiger partial charge in [0, 0.05) is 5.56 Å². The molecule has 0 unspecified atom stereocenters. The van der Waals surface area contributed by atoms with Gasteiger partial charge in [-0.05, 0) is 35.9 Å². The summed E-state index contributed by atoms with van der Waals surface area (Å²) in [6.07, 6.45) is 0. The maximum atomic E-state index is 12.9. The Morgan fingerprint density at radius 1 is 0.947 bits per heavy atom. The van der Waals surface area contributed by atoms with Gasteiger partial charge in [-0.2, -0.15) is 4.98 Å². The minimum absolute atomic E-state index is 0.241. The molecule has 94 valence electrons. The first-order valence-electron chi connectivity index (χ1n) is 5.68. The average molecular weight is 274 g/mol. The number of hydrogen-bond donors (Lipinski definition) is 0. The summed E-state index contributed by atoms with van der Waals surface area (Å²) in [5.74, 6) is 0.234. The number of nitrogens with zero attached hydrogens (tertiary/aromatic N) is 3. The van der Waals surface area contributed by atoms with Crippen LogP contribution in [0.3, 0.4) is 0 Å². The van der Waals surface area contributed by atoms with Crippen LogP contribution in [-0.2, 0) is 0 Å². The highest BCUT2D eigenvalue weighted by Crippen LogP contribution is 2.20. The van der Waals surface area contributed by atoms with Gasteiger partial charge >= 0.3 is 0 Å². The number of aromatic nitrogens is 3. The molecule has 5 heteroatoms. The molecule has 0 radical (unpaired) electrons. The van der Waals surface area contributed by atoms with E-state index in [9.17, 15) is 4.39 Å². The fourth-order valence-electron chi connectivity index (χ4n) is 1.75. The molecule has 19 heavy (non-hydrogen) atoms. The zero-order chi connectivity index (χ0) is 13.2. The van der Waals surface area contributed by atoms with E-state index in [-0.39, 0.29) is 11.1 Å². The summed E-state index contributed by atoms with van der Waals surface area (Å²) in [5.41, 5.74) is 1.55. The average Bonchev–Trinajstić information content (AvgIpc) is 2.83. The van der Waals surface area contributed by atoms with Crippen LogP contribution in [-0.4, -0.2) is 14.8 Å². The van der Waals surface area contributed by atoms with E-state index in [1.165, 1.54) is 16.8 Å². The van der Waals surface area contributed by atoms with Gasteiger partial charge in [0.25, 0.3) is 0 Å². The summed E-state index contributed by atoms with van der Waals surface area (Å²) in [6.45, 7) is 0.